The molecule has 10 rings (SSSR count). The molecule has 0 bridgehead atoms. The van der Waals surface area contributed by atoms with Crippen LogP contribution in [0.25, 0.3) is 49.5 Å². The molecule has 0 amide bonds. The fourth-order valence-electron chi connectivity index (χ4n) is 8.19. The molecule has 0 saturated heterocycles. The minimum absolute atomic E-state index is 0.128. The van der Waals surface area contributed by atoms with Gasteiger partial charge in [-0.3, -0.25) is 4.99 Å². The molecule has 3 heteroatoms. The van der Waals surface area contributed by atoms with Crippen molar-refractivity contribution in [3.8, 4) is 11.1 Å². The van der Waals surface area contributed by atoms with Crippen molar-refractivity contribution in [1.82, 2.24) is 5.32 Å². The van der Waals surface area contributed by atoms with E-state index in [1.165, 1.54) is 27.8 Å². The molecule has 1 aromatic heterocycles. The number of allylic oxidation sites excluding steroid dienone is 6. The fourth-order valence-corrected chi connectivity index (χ4v) is 8.19. The Labute approximate surface area is 297 Å². The highest BCUT2D eigenvalue weighted by molar-refractivity contribution is 6.21. The van der Waals surface area contributed by atoms with Crippen LogP contribution in [0.1, 0.15) is 53.5 Å². The summed E-state index contributed by atoms with van der Waals surface area (Å²) in [5.41, 5.74) is 12.9. The highest BCUT2D eigenvalue weighted by Crippen LogP contribution is 2.44. The molecule has 0 saturated carbocycles. The van der Waals surface area contributed by atoms with E-state index < -0.39 is 0 Å². The molecule has 2 unspecified atom stereocenters. The molecule has 7 aromatic rings. The number of fused-ring (bicyclic) bond motifs is 5. The average molecular weight is 657 g/mol. The molecule has 3 aliphatic rings. The summed E-state index contributed by atoms with van der Waals surface area (Å²) < 4.78 is 6.77. The molecule has 0 fully saturated rings. The minimum Gasteiger partial charge on any atom is -0.455 e. The Morgan fingerprint density at radius 1 is 0.627 bits per heavy atom. The molecule has 1 N–H and O–H groups in total. The molecule has 3 nitrogen and oxygen atoms in total. The van der Waals surface area contributed by atoms with Gasteiger partial charge in [-0.25, -0.2) is 0 Å². The van der Waals surface area contributed by atoms with Crippen LogP contribution in [0.2, 0.25) is 0 Å². The van der Waals surface area contributed by atoms with E-state index in [1.807, 2.05) is 6.07 Å². The number of hydrogen-bond acceptors (Lipinski definition) is 3. The number of amidine groups is 1. The van der Waals surface area contributed by atoms with Crippen LogP contribution in [0.15, 0.2) is 184 Å². The number of hydrogen-bond donors (Lipinski definition) is 1. The van der Waals surface area contributed by atoms with Gasteiger partial charge in [-0.05, 0) is 76.3 Å². The summed E-state index contributed by atoms with van der Waals surface area (Å²) in [4.78, 5) is 5.20. The predicted molar refractivity (Wildman–Crippen MR) is 212 cm³/mol. The van der Waals surface area contributed by atoms with Crippen LogP contribution >= 0.6 is 0 Å². The normalized spacial score (nSPS) is 18.5. The number of furan rings is 1. The summed E-state index contributed by atoms with van der Waals surface area (Å²) in [6, 6.07) is 47.4. The maximum atomic E-state index is 6.77. The lowest BCUT2D eigenvalue weighted by Gasteiger charge is -2.24. The summed E-state index contributed by atoms with van der Waals surface area (Å²) in [6.45, 7) is 0. The molecular formula is C48H36N2O. The SMILES string of the molecule is C1=CC2=C(C=CC(c3cccc(-c4cccc5oc6c7ccccc7c(C7=CC(c8ccccc8)N=C(c8ccccc8)N7)cc6c45)c3)C2)CC1. The Bertz CT molecular complexity index is 2640. The van der Waals surface area contributed by atoms with Gasteiger partial charge in [-0.2, -0.15) is 0 Å². The van der Waals surface area contributed by atoms with Crippen LogP contribution in [0.3, 0.4) is 0 Å². The minimum atomic E-state index is -0.128. The van der Waals surface area contributed by atoms with Crippen LogP contribution < -0.4 is 5.32 Å². The van der Waals surface area contributed by atoms with Crippen LogP contribution in [-0.4, -0.2) is 5.84 Å². The van der Waals surface area contributed by atoms with Crippen LogP contribution in [0.4, 0.5) is 0 Å². The van der Waals surface area contributed by atoms with Gasteiger partial charge in [0.15, 0.2) is 0 Å². The van der Waals surface area contributed by atoms with E-state index in [0.717, 1.165) is 80.2 Å². The van der Waals surface area contributed by atoms with E-state index >= 15 is 0 Å². The van der Waals surface area contributed by atoms with E-state index in [0.29, 0.717) is 5.92 Å². The Morgan fingerprint density at radius 2 is 1.39 bits per heavy atom. The summed E-state index contributed by atoms with van der Waals surface area (Å²) >= 11 is 0. The molecule has 2 aliphatic carbocycles. The lowest BCUT2D eigenvalue weighted by molar-refractivity contribution is 0.672. The van der Waals surface area contributed by atoms with Gasteiger partial charge in [-0.1, -0.05) is 146 Å². The zero-order valence-electron chi connectivity index (χ0n) is 28.2. The first-order valence-corrected chi connectivity index (χ1v) is 18.0. The van der Waals surface area contributed by atoms with E-state index in [1.54, 1.807) is 0 Å². The van der Waals surface area contributed by atoms with Gasteiger partial charge in [0, 0.05) is 38.9 Å². The van der Waals surface area contributed by atoms with Crippen molar-refractivity contribution in [2.45, 2.75) is 31.2 Å². The van der Waals surface area contributed by atoms with Gasteiger partial charge in [0.2, 0.25) is 0 Å². The Kier molecular flexibility index (Phi) is 7.16. The second-order valence-electron chi connectivity index (χ2n) is 13.8. The Morgan fingerprint density at radius 3 is 2.27 bits per heavy atom. The average Bonchev–Trinajstić information content (AvgIpc) is 3.60. The van der Waals surface area contributed by atoms with Crippen molar-refractivity contribution >= 4 is 44.2 Å². The molecule has 2 atom stereocenters. The lowest BCUT2D eigenvalue weighted by atomic mass is 9.81. The van der Waals surface area contributed by atoms with E-state index in [4.69, 9.17) is 9.41 Å². The van der Waals surface area contributed by atoms with E-state index in [9.17, 15) is 0 Å². The zero-order valence-corrected chi connectivity index (χ0v) is 28.2. The maximum Gasteiger partial charge on any atom is 0.143 e. The van der Waals surface area contributed by atoms with Crippen molar-refractivity contribution in [1.29, 1.82) is 0 Å². The number of nitrogens with one attached hydrogen (secondary N) is 1. The fraction of sp³-hybridized carbons (Fsp3) is 0.104. The highest BCUT2D eigenvalue weighted by Gasteiger charge is 2.24. The Balaban J connectivity index is 1.14. The molecule has 51 heavy (non-hydrogen) atoms. The van der Waals surface area contributed by atoms with Gasteiger partial charge < -0.3 is 9.73 Å². The number of aliphatic imine (C=N–C) groups is 1. The van der Waals surface area contributed by atoms with Crippen molar-refractivity contribution in [3.63, 3.8) is 0 Å². The molecule has 1 aliphatic heterocycles. The van der Waals surface area contributed by atoms with Crippen molar-refractivity contribution in [2.75, 3.05) is 0 Å². The van der Waals surface area contributed by atoms with E-state index in [-0.39, 0.29) is 6.04 Å². The maximum absolute atomic E-state index is 6.77. The third-order valence-electron chi connectivity index (χ3n) is 10.7. The number of nitrogens with zero attached hydrogens (tertiary/aromatic N) is 1. The topological polar surface area (TPSA) is 37.5 Å². The smallest absolute Gasteiger partial charge is 0.143 e. The monoisotopic (exact) mass is 656 g/mol. The second kappa shape index (κ2) is 12.3. The quantitative estimate of drug-likeness (QED) is 0.200. The van der Waals surface area contributed by atoms with E-state index in [2.05, 4.69) is 163 Å². The van der Waals surface area contributed by atoms with Crippen LogP contribution in [0, 0.1) is 0 Å². The molecule has 2 heterocycles. The highest BCUT2D eigenvalue weighted by atomic mass is 16.3. The van der Waals surface area contributed by atoms with Crippen LogP contribution in [0.5, 0.6) is 0 Å². The van der Waals surface area contributed by atoms with Crippen LogP contribution in [-0.2, 0) is 0 Å². The van der Waals surface area contributed by atoms with Gasteiger partial charge in [-0.15, -0.1) is 0 Å². The summed E-state index contributed by atoms with van der Waals surface area (Å²) in [5, 5.41) is 8.25. The molecule has 244 valence electrons. The zero-order chi connectivity index (χ0) is 33.7. The molecular weight excluding hydrogens is 621 g/mol. The van der Waals surface area contributed by atoms with Gasteiger partial charge in [0.25, 0.3) is 0 Å². The van der Waals surface area contributed by atoms with Crippen molar-refractivity contribution in [3.05, 3.63) is 197 Å². The summed E-state index contributed by atoms with van der Waals surface area (Å²) in [6.07, 6.45) is 15.1. The Hall–Kier alpha value is -6.19. The third-order valence-corrected chi connectivity index (χ3v) is 10.7. The molecule has 6 aromatic carbocycles. The first-order chi connectivity index (χ1) is 25.3. The molecule has 0 radical (unpaired) electrons. The van der Waals surface area contributed by atoms with Gasteiger partial charge in [0.05, 0.1) is 6.04 Å². The largest absolute Gasteiger partial charge is 0.455 e. The van der Waals surface area contributed by atoms with Gasteiger partial charge >= 0.3 is 0 Å². The number of benzene rings is 6. The van der Waals surface area contributed by atoms with Gasteiger partial charge in [0.1, 0.15) is 17.0 Å². The summed E-state index contributed by atoms with van der Waals surface area (Å²) in [7, 11) is 0. The first-order valence-electron chi connectivity index (χ1n) is 18.0. The van der Waals surface area contributed by atoms with Crippen molar-refractivity contribution in [2.24, 2.45) is 4.99 Å². The first kappa shape index (κ1) is 29.7. The standard InChI is InChI=1S/C48H36N2O/c1-3-14-32(15-4-1)43-30-44(50-48(49-43)33-16-5-2-6-17-33)41-29-42-46-38(23-12-24-45(46)51-47(42)40-22-10-9-21-39(40)41)37-20-11-19-35(28-37)36-26-25-31-13-7-8-18-34(31)27-36/h1-6,8-12,14-26,28-30,36,43H,7,13,27H2,(H,49,50). The third kappa shape index (κ3) is 5.25. The second-order valence-corrected chi connectivity index (χ2v) is 13.8. The predicted octanol–water partition coefficient (Wildman–Crippen LogP) is 12.2. The molecule has 0 spiro atoms. The number of rotatable bonds is 5. The summed E-state index contributed by atoms with van der Waals surface area (Å²) in [5.74, 6) is 1.23. The van der Waals surface area contributed by atoms with Crippen molar-refractivity contribution < 1.29 is 4.42 Å². The lowest BCUT2D eigenvalue weighted by Crippen LogP contribution is -2.27.